The van der Waals surface area contributed by atoms with E-state index in [4.69, 9.17) is 11.6 Å². The van der Waals surface area contributed by atoms with E-state index in [1.165, 1.54) is 0 Å². The third-order valence-corrected chi connectivity index (χ3v) is 1.47. The second kappa shape index (κ2) is 7.51. The van der Waals surface area contributed by atoms with Crippen LogP contribution in [0.3, 0.4) is 0 Å². The van der Waals surface area contributed by atoms with Crippen molar-refractivity contribution in [3.63, 3.8) is 0 Å². The van der Waals surface area contributed by atoms with Gasteiger partial charge in [-0.25, -0.2) is 0 Å². The fraction of sp³-hybridized carbons (Fsp3) is 1.00. The van der Waals surface area contributed by atoms with Crippen LogP contribution in [0.4, 0.5) is 0 Å². The molecule has 5 heteroatoms. The van der Waals surface area contributed by atoms with Gasteiger partial charge in [-0.05, 0) is 13.3 Å². The Morgan fingerprint density at radius 2 is 2.22 bits per heavy atom. The molecule has 9 heavy (non-hydrogen) atoms. The van der Waals surface area contributed by atoms with E-state index in [1.54, 1.807) is 6.92 Å². The van der Waals surface area contributed by atoms with Gasteiger partial charge in [0.1, 0.15) is 0 Å². The van der Waals surface area contributed by atoms with Gasteiger partial charge in [-0.15, -0.1) is 11.6 Å². The molecule has 0 rings (SSSR count). The SMILES string of the molecule is CC(Cl)CCS(=O)[O-].[Na+]. The average molecular weight is 179 g/mol. The minimum Gasteiger partial charge on any atom is -0.772 e. The van der Waals surface area contributed by atoms with Crippen LogP contribution in [0.5, 0.6) is 0 Å². The number of rotatable bonds is 3. The Kier molecular flexibility index (Phi) is 10.9. The molecular formula is C4H8ClNaO2S. The smallest absolute Gasteiger partial charge is 0.772 e. The van der Waals surface area contributed by atoms with Crippen LogP contribution >= 0.6 is 11.6 Å². The molecule has 0 saturated carbocycles. The van der Waals surface area contributed by atoms with Gasteiger partial charge in [0.05, 0.1) is 0 Å². The Labute approximate surface area is 84.9 Å². The minimum absolute atomic E-state index is 0. The van der Waals surface area contributed by atoms with Crippen molar-refractivity contribution < 1.29 is 38.3 Å². The largest absolute Gasteiger partial charge is 1.00 e. The molecule has 0 aliphatic rings. The molecule has 0 fully saturated rings. The van der Waals surface area contributed by atoms with Gasteiger partial charge in [-0.1, -0.05) is 11.1 Å². The molecule has 0 aliphatic heterocycles. The maximum absolute atomic E-state index is 9.85. The summed E-state index contributed by atoms with van der Waals surface area (Å²) < 4.78 is 19.7. The first-order chi connectivity index (χ1) is 3.63. The van der Waals surface area contributed by atoms with E-state index in [-0.39, 0.29) is 40.7 Å². The Morgan fingerprint density at radius 1 is 1.78 bits per heavy atom. The van der Waals surface area contributed by atoms with Crippen LogP contribution in [0, 0.1) is 0 Å². The van der Waals surface area contributed by atoms with Gasteiger partial charge in [-0.3, -0.25) is 4.21 Å². The number of hydrogen-bond acceptors (Lipinski definition) is 2. The molecule has 0 aromatic rings. The molecule has 50 valence electrons. The fourth-order valence-electron chi connectivity index (χ4n) is 0.259. The number of hydrogen-bond donors (Lipinski definition) is 0. The van der Waals surface area contributed by atoms with Crippen LogP contribution in [0.25, 0.3) is 0 Å². The molecule has 0 spiro atoms. The van der Waals surface area contributed by atoms with Crippen molar-refractivity contribution in [3.05, 3.63) is 0 Å². The molecule has 2 unspecified atom stereocenters. The Morgan fingerprint density at radius 3 is 2.33 bits per heavy atom. The summed E-state index contributed by atoms with van der Waals surface area (Å²) in [5.41, 5.74) is 0. The summed E-state index contributed by atoms with van der Waals surface area (Å²) in [6.07, 6.45) is 0.539. The second-order valence-electron chi connectivity index (χ2n) is 1.58. The standard InChI is InChI=1S/C4H9ClO2S.Na/c1-4(5)2-3-8(6)7;/h4H,2-3H2,1H3,(H,6,7);/q;+1/p-1. The van der Waals surface area contributed by atoms with Gasteiger partial charge in [0.2, 0.25) is 0 Å². The normalized spacial score (nSPS) is 15.9. The molecule has 0 aromatic heterocycles. The molecule has 0 N–H and O–H groups in total. The van der Waals surface area contributed by atoms with Crippen molar-refractivity contribution in [2.45, 2.75) is 18.7 Å². The van der Waals surface area contributed by atoms with Gasteiger partial charge >= 0.3 is 29.6 Å². The van der Waals surface area contributed by atoms with Crippen molar-refractivity contribution in [2.24, 2.45) is 0 Å². The number of halogens is 1. The zero-order chi connectivity index (χ0) is 6.57. The van der Waals surface area contributed by atoms with E-state index in [9.17, 15) is 8.76 Å². The van der Waals surface area contributed by atoms with Gasteiger partial charge in [0, 0.05) is 11.1 Å². The summed E-state index contributed by atoms with van der Waals surface area (Å²) >= 11 is 3.53. The fourth-order valence-corrected chi connectivity index (χ4v) is 1.04. The molecule has 0 bridgehead atoms. The third kappa shape index (κ3) is 12.6. The first-order valence-corrected chi connectivity index (χ1v) is 4.01. The Balaban J connectivity index is 0. The molecule has 0 saturated heterocycles. The van der Waals surface area contributed by atoms with E-state index in [1.807, 2.05) is 0 Å². The first-order valence-electron chi connectivity index (χ1n) is 2.33. The van der Waals surface area contributed by atoms with Crippen molar-refractivity contribution >= 4 is 22.7 Å². The van der Waals surface area contributed by atoms with Crippen molar-refractivity contribution in [2.75, 3.05) is 5.75 Å². The van der Waals surface area contributed by atoms with E-state index < -0.39 is 11.1 Å². The first kappa shape index (κ1) is 13.0. The molecular weight excluding hydrogens is 171 g/mol. The summed E-state index contributed by atoms with van der Waals surface area (Å²) in [5, 5.41) is -0.0344. The second-order valence-corrected chi connectivity index (χ2v) is 3.34. The van der Waals surface area contributed by atoms with Crippen LogP contribution in [-0.4, -0.2) is 19.9 Å². The number of alkyl halides is 1. The summed E-state index contributed by atoms with van der Waals surface area (Å²) in [4.78, 5) is 0. The topological polar surface area (TPSA) is 40.1 Å². The molecule has 2 nitrogen and oxygen atoms in total. The molecule has 0 amide bonds. The van der Waals surface area contributed by atoms with Gasteiger partial charge in [-0.2, -0.15) is 0 Å². The van der Waals surface area contributed by atoms with Gasteiger partial charge in [0.15, 0.2) is 0 Å². The van der Waals surface area contributed by atoms with E-state index >= 15 is 0 Å². The van der Waals surface area contributed by atoms with E-state index in [0.717, 1.165) is 0 Å². The monoisotopic (exact) mass is 178 g/mol. The van der Waals surface area contributed by atoms with E-state index in [0.29, 0.717) is 6.42 Å². The molecule has 2 atom stereocenters. The Hall–Kier alpha value is 1.40. The van der Waals surface area contributed by atoms with Crippen molar-refractivity contribution in [1.82, 2.24) is 0 Å². The minimum atomic E-state index is -1.92. The molecule has 0 radical (unpaired) electrons. The maximum atomic E-state index is 9.85. The zero-order valence-corrected chi connectivity index (χ0v) is 9.17. The van der Waals surface area contributed by atoms with Crippen LogP contribution in [0.2, 0.25) is 0 Å². The Bertz CT molecular complexity index is 88.6. The summed E-state index contributed by atoms with van der Waals surface area (Å²) in [6, 6.07) is 0. The molecule has 0 aromatic carbocycles. The van der Waals surface area contributed by atoms with Crippen LogP contribution < -0.4 is 29.6 Å². The predicted octanol–water partition coefficient (Wildman–Crippen LogP) is -2.11. The third-order valence-electron chi connectivity index (χ3n) is 0.682. The summed E-state index contributed by atoms with van der Waals surface area (Å²) in [7, 11) is 0. The summed E-state index contributed by atoms with van der Waals surface area (Å²) in [5.74, 6) is 0.171. The van der Waals surface area contributed by atoms with Crippen LogP contribution in [-0.2, 0) is 11.1 Å². The van der Waals surface area contributed by atoms with Crippen LogP contribution in [0.15, 0.2) is 0 Å². The quantitative estimate of drug-likeness (QED) is 0.282. The maximum Gasteiger partial charge on any atom is 1.00 e. The van der Waals surface area contributed by atoms with Crippen molar-refractivity contribution in [1.29, 1.82) is 0 Å². The van der Waals surface area contributed by atoms with E-state index in [2.05, 4.69) is 0 Å². The molecule has 0 heterocycles. The predicted molar refractivity (Wildman–Crippen MR) is 33.7 cm³/mol. The van der Waals surface area contributed by atoms with Gasteiger partial charge < -0.3 is 4.55 Å². The molecule has 0 aliphatic carbocycles. The zero-order valence-electron chi connectivity index (χ0n) is 5.59. The van der Waals surface area contributed by atoms with Crippen LogP contribution in [0.1, 0.15) is 13.3 Å². The van der Waals surface area contributed by atoms with Crippen molar-refractivity contribution in [3.8, 4) is 0 Å². The van der Waals surface area contributed by atoms with Gasteiger partial charge in [0.25, 0.3) is 0 Å². The average Bonchev–Trinajstić information content (AvgIpc) is 1.61. The summed E-state index contributed by atoms with van der Waals surface area (Å²) in [6.45, 7) is 1.77.